The Balaban J connectivity index is 1.67. The topological polar surface area (TPSA) is 39.9 Å². The number of hydrogen-bond donors (Lipinski definition) is 0. The molecule has 0 saturated carbocycles. The van der Waals surface area contributed by atoms with E-state index in [1.165, 1.54) is 10.4 Å². The molecule has 0 spiro atoms. The molecule has 1 aliphatic carbocycles. The molecule has 0 radical (unpaired) electrons. The van der Waals surface area contributed by atoms with Crippen molar-refractivity contribution in [3.05, 3.63) is 75.9 Å². The molecule has 0 aliphatic heterocycles. The lowest BCUT2D eigenvalue weighted by Gasteiger charge is -2.23. The number of aromatic nitrogens is 3. The fourth-order valence-electron chi connectivity index (χ4n) is 3.36. The Morgan fingerprint density at radius 3 is 2.63 bits per heavy atom. The number of ether oxygens (including phenoxy) is 1. The minimum atomic E-state index is -0.146. The normalized spacial score (nSPS) is 14.6. The van der Waals surface area contributed by atoms with Gasteiger partial charge in [-0.05, 0) is 41.8 Å². The lowest BCUT2D eigenvalue weighted by Crippen LogP contribution is -2.30. The minimum Gasteiger partial charge on any atom is -0.487 e. The summed E-state index contributed by atoms with van der Waals surface area (Å²) in [4.78, 5) is 0. The number of nitrogens with zero attached hydrogens (tertiary/aromatic N) is 3. The number of halogens is 1. The van der Waals surface area contributed by atoms with Crippen LogP contribution in [0.1, 0.15) is 38.5 Å². The zero-order valence-electron chi connectivity index (χ0n) is 15.5. The van der Waals surface area contributed by atoms with Gasteiger partial charge < -0.3 is 4.74 Å². The van der Waals surface area contributed by atoms with Gasteiger partial charge in [-0.2, -0.15) is 0 Å². The highest BCUT2D eigenvalue weighted by Gasteiger charge is 2.23. The van der Waals surface area contributed by atoms with Crippen LogP contribution in [-0.4, -0.2) is 15.0 Å². The van der Waals surface area contributed by atoms with E-state index in [9.17, 15) is 0 Å². The first-order valence-corrected chi connectivity index (χ1v) is 9.63. The minimum absolute atomic E-state index is 0.146. The summed E-state index contributed by atoms with van der Waals surface area (Å²) in [6, 6.07) is 15.9. The van der Waals surface area contributed by atoms with Crippen LogP contribution in [0.3, 0.4) is 0 Å². The molecule has 1 atom stereocenters. The van der Waals surface area contributed by atoms with Gasteiger partial charge in [-0.25, -0.2) is 4.68 Å². The summed E-state index contributed by atoms with van der Waals surface area (Å²) in [5.74, 6) is 1.30. The fourth-order valence-corrected chi connectivity index (χ4v) is 3.49. The predicted octanol–water partition coefficient (Wildman–Crippen LogP) is 4.02. The molecule has 2 aromatic carbocycles. The number of hydrogen-bond acceptors (Lipinski definition) is 3. The highest BCUT2D eigenvalue weighted by atomic mass is 35.5. The summed E-state index contributed by atoms with van der Waals surface area (Å²) in [5.41, 5.74) is 1.76. The quantitative estimate of drug-likeness (QED) is 0.672. The van der Waals surface area contributed by atoms with Crippen molar-refractivity contribution in [2.45, 2.75) is 32.8 Å². The molecule has 0 fully saturated rings. The van der Waals surface area contributed by atoms with Crippen LogP contribution >= 0.6 is 11.6 Å². The molecule has 0 N–H and O–H groups in total. The summed E-state index contributed by atoms with van der Waals surface area (Å²) in [5, 5.41) is 11.8. The van der Waals surface area contributed by atoms with Crippen molar-refractivity contribution >= 4 is 23.4 Å². The standard InChI is InChI=1S/C22H22ClN3O/c1-15(2)22(27-21-9-5-7-16-6-3-4-8-19(16)21)20-14-26(25-24-20)18-12-10-17(23)11-13-18/h3-4,6-8,10-15,22H,5,9H2,1-2H3. The summed E-state index contributed by atoms with van der Waals surface area (Å²) in [6.45, 7) is 4.29. The van der Waals surface area contributed by atoms with Crippen molar-refractivity contribution in [3.63, 3.8) is 0 Å². The molecule has 0 bridgehead atoms. The molecular weight excluding hydrogens is 358 g/mol. The monoisotopic (exact) mass is 379 g/mol. The van der Waals surface area contributed by atoms with Crippen LogP contribution in [0.25, 0.3) is 17.5 Å². The van der Waals surface area contributed by atoms with Gasteiger partial charge in [0.25, 0.3) is 0 Å². The average Bonchev–Trinajstić information content (AvgIpc) is 3.16. The first-order valence-electron chi connectivity index (χ1n) is 9.25. The van der Waals surface area contributed by atoms with Gasteiger partial charge in [0.15, 0.2) is 0 Å². The smallest absolute Gasteiger partial charge is 0.146 e. The van der Waals surface area contributed by atoms with E-state index in [2.05, 4.69) is 54.5 Å². The molecule has 5 heteroatoms. The van der Waals surface area contributed by atoms with E-state index in [4.69, 9.17) is 16.3 Å². The van der Waals surface area contributed by atoms with Crippen molar-refractivity contribution < 1.29 is 4.74 Å². The van der Waals surface area contributed by atoms with Gasteiger partial charge in [0.05, 0.1) is 11.9 Å². The van der Waals surface area contributed by atoms with E-state index in [1.807, 2.05) is 30.5 Å². The van der Waals surface area contributed by atoms with E-state index in [1.54, 1.807) is 4.68 Å². The van der Waals surface area contributed by atoms with Crippen LogP contribution in [-0.2, 0) is 4.74 Å². The molecular formula is C22H22ClN3O. The fraction of sp³-hybridized carbons (Fsp3) is 0.273. The van der Waals surface area contributed by atoms with Crippen LogP contribution in [0.15, 0.2) is 54.7 Å². The van der Waals surface area contributed by atoms with Crippen molar-refractivity contribution in [1.82, 2.24) is 15.0 Å². The lowest BCUT2D eigenvalue weighted by atomic mass is 10.0. The molecule has 27 heavy (non-hydrogen) atoms. The molecule has 4 nitrogen and oxygen atoms in total. The third kappa shape index (κ3) is 3.76. The molecule has 138 valence electrons. The first-order chi connectivity index (χ1) is 13.1. The van der Waals surface area contributed by atoms with Gasteiger partial charge in [0.2, 0.25) is 0 Å². The molecule has 1 aliphatic rings. The average molecular weight is 380 g/mol. The Morgan fingerprint density at radius 1 is 1.07 bits per heavy atom. The zero-order valence-corrected chi connectivity index (χ0v) is 16.2. The molecule has 3 aromatic rings. The Bertz CT molecular complexity index is 1050. The summed E-state index contributed by atoms with van der Waals surface area (Å²) in [6.07, 6.45) is 5.96. The molecule has 0 saturated heterocycles. The van der Waals surface area contributed by atoms with Crippen LogP contribution in [0.4, 0.5) is 0 Å². The second-order valence-electron chi connectivity index (χ2n) is 7.10. The van der Waals surface area contributed by atoms with Gasteiger partial charge in [0.1, 0.15) is 17.6 Å². The number of fused-ring (bicyclic) bond motifs is 1. The van der Waals surface area contributed by atoms with Gasteiger partial charge in [-0.3, -0.25) is 0 Å². The second-order valence-corrected chi connectivity index (χ2v) is 7.54. The molecule has 1 heterocycles. The largest absolute Gasteiger partial charge is 0.487 e. The number of benzene rings is 2. The Hall–Kier alpha value is -2.59. The van der Waals surface area contributed by atoms with Crippen molar-refractivity contribution in [1.29, 1.82) is 0 Å². The van der Waals surface area contributed by atoms with E-state index in [0.29, 0.717) is 5.02 Å². The van der Waals surface area contributed by atoms with Crippen LogP contribution in [0, 0.1) is 5.92 Å². The van der Waals surface area contributed by atoms with E-state index in [-0.39, 0.29) is 12.0 Å². The zero-order chi connectivity index (χ0) is 18.8. The summed E-state index contributed by atoms with van der Waals surface area (Å²) >= 11 is 5.98. The third-order valence-corrected chi connectivity index (χ3v) is 5.02. The predicted molar refractivity (Wildman–Crippen MR) is 108 cm³/mol. The lowest BCUT2D eigenvalue weighted by molar-refractivity contribution is 0.108. The van der Waals surface area contributed by atoms with Crippen LogP contribution in [0.5, 0.6) is 0 Å². The summed E-state index contributed by atoms with van der Waals surface area (Å²) < 4.78 is 8.25. The second kappa shape index (κ2) is 7.57. The maximum atomic E-state index is 6.49. The van der Waals surface area contributed by atoms with Crippen LogP contribution in [0.2, 0.25) is 5.02 Å². The number of rotatable bonds is 5. The maximum absolute atomic E-state index is 6.49. The Morgan fingerprint density at radius 2 is 1.85 bits per heavy atom. The van der Waals surface area contributed by atoms with Gasteiger partial charge in [-0.1, -0.05) is 61.0 Å². The molecule has 1 unspecified atom stereocenters. The Kier molecular flexibility index (Phi) is 4.99. The third-order valence-electron chi connectivity index (χ3n) is 4.77. The maximum Gasteiger partial charge on any atom is 0.146 e. The summed E-state index contributed by atoms with van der Waals surface area (Å²) in [7, 11) is 0. The van der Waals surface area contributed by atoms with Gasteiger partial charge >= 0.3 is 0 Å². The highest BCUT2D eigenvalue weighted by Crippen LogP contribution is 2.29. The SMILES string of the molecule is CC(C)C(OC1=c2ccccc2=CCC1)c1cn(-c2ccc(Cl)cc2)nn1. The van der Waals surface area contributed by atoms with E-state index < -0.39 is 0 Å². The first kappa shape index (κ1) is 17.8. The van der Waals surface area contributed by atoms with E-state index in [0.717, 1.165) is 30.0 Å². The van der Waals surface area contributed by atoms with Gasteiger partial charge in [0, 0.05) is 16.7 Å². The van der Waals surface area contributed by atoms with Gasteiger partial charge in [-0.15, -0.1) is 5.10 Å². The molecule has 4 rings (SSSR count). The molecule has 0 amide bonds. The van der Waals surface area contributed by atoms with Crippen molar-refractivity contribution in [2.75, 3.05) is 0 Å². The van der Waals surface area contributed by atoms with Crippen molar-refractivity contribution in [3.8, 4) is 5.69 Å². The van der Waals surface area contributed by atoms with Crippen molar-refractivity contribution in [2.24, 2.45) is 5.92 Å². The van der Waals surface area contributed by atoms with Crippen LogP contribution < -0.4 is 10.4 Å². The van der Waals surface area contributed by atoms with E-state index >= 15 is 0 Å². The molecule has 1 aromatic heterocycles. The highest BCUT2D eigenvalue weighted by molar-refractivity contribution is 6.30. The Labute approximate surface area is 163 Å².